The second kappa shape index (κ2) is 6.98. The van der Waals surface area contributed by atoms with E-state index in [4.69, 9.17) is 0 Å². The molecule has 3 rings (SSSR count). The maximum Gasteiger partial charge on any atom is 0.191 e. The summed E-state index contributed by atoms with van der Waals surface area (Å²) in [5.74, 6) is 1.36. The fourth-order valence-electron chi connectivity index (χ4n) is 2.74. The number of nitrogens with zero attached hydrogens (tertiary/aromatic N) is 4. The summed E-state index contributed by atoms with van der Waals surface area (Å²) in [5.41, 5.74) is 1.07. The van der Waals surface area contributed by atoms with Gasteiger partial charge in [0.25, 0.3) is 0 Å². The van der Waals surface area contributed by atoms with Crippen molar-refractivity contribution in [3.63, 3.8) is 0 Å². The Labute approximate surface area is 141 Å². The number of halogens is 1. The highest BCUT2D eigenvalue weighted by Crippen LogP contribution is 2.47. The van der Waals surface area contributed by atoms with E-state index < -0.39 is 0 Å². The molecule has 1 fully saturated rings. The molecule has 1 heterocycles. The number of guanidine groups is 1. The van der Waals surface area contributed by atoms with E-state index in [9.17, 15) is 4.39 Å². The fraction of sp³-hybridized carbons (Fsp3) is 0.471. The number of rotatable bonds is 6. The summed E-state index contributed by atoms with van der Waals surface area (Å²) >= 11 is 0. The Morgan fingerprint density at radius 3 is 2.83 bits per heavy atom. The van der Waals surface area contributed by atoms with Crippen molar-refractivity contribution in [3.8, 4) is 0 Å². The number of aromatic nitrogens is 3. The van der Waals surface area contributed by atoms with Gasteiger partial charge in [0.05, 0.1) is 0 Å². The molecule has 0 amide bonds. The number of aliphatic imine (C=N–C) groups is 1. The van der Waals surface area contributed by atoms with Gasteiger partial charge >= 0.3 is 0 Å². The second-order valence-electron chi connectivity index (χ2n) is 6.14. The summed E-state index contributed by atoms with van der Waals surface area (Å²) in [4.78, 5) is 8.73. The predicted octanol–water partition coefficient (Wildman–Crippen LogP) is 1.74. The SMILES string of the molecule is CCNC(=NCc1ncnn1C)NCC1(c2cccc(F)c2)CC1. The molecule has 1 aromatic carbocycles. The number of nitrogens with one attached hydrogen (secondary N) is 2. The minimum Gasteiger partial charge on any atom is -0.357 e. The maximum absolute atomic E-state index is 13.5. The van der Waals surface area contributed by atoms with E-state index in [1.165, 1.54) is 12.4 Å². The van der Waals surface area contributed by atoms with Crippen LogP contribution in [0.15, 0.2) is 35.6 Å². The Kier molecular flexibility index (Phi) is 4.78. The lowest BCUT2D eigenvalue weighted by Crippen LogP contribution is -2.41. The van der Waals surface area contributed by atoms with Gasteiger partial charge in [0, 0.05) is 25.6 Å². The lowest BCUT2D eigenvalue weighted by molar-refractivity contribution is 0.606. The van der Waals surface area contributed by atoms with Crippen molar-refractivity contribution in [1.82, 2.24) is 25.4 Å². The third kappa shape index (κ3) is 3.72. The Morgan fingerprint density at radius 1 is 1.38 bits per heavy atom. The van der Waals surface area contributed by atoms with Gasteiger partial charge in [-0.3, -0.25) is 4.68 Å². The van der Waals surface area contributed by atoms with E-state index in [2.05, 4.69) is 25.7 Å². The molecule has 0 spiro atoms. The molecule has 0 aliphatic heterocycles. The summed E-state index contributed by atoms with van der Waals surface area (Å²) in [6, 6.07) is 6.90. The minimum atomic E-state index is -0.179. The number of hydrogen-bond acceptors (Lipinski definition) is 3. The summed E-state index contributed by atoms with van der Waals surface area (Å²) in [6.07, 6.45) is 3.65. The highest BCUT2D eigenvalue weighted by molar-refractivity contribution is 5.79. The lowest BCUT2D eigenvalue weighted by Gasteiger charge is -2.19. The molecule has 2 N–H and O–H groups in total. The number of hydrogen-bond donors (Lipinski definition) is 2. The van der Waals surface area contributed by atoms with Crippen LogP contribution >= 0.6 is 0 Å². The first kappa shape index (κ1) is 16.4. The van der Waals surface area contributed by atoms with Crippen LogP contribution in [0, 0.1) is 5.82 Å². The third-order valence-corrected chi connectivity index (χ3v) is 4.41. The highest BCUT2D eigenvalue weighted by atomic mass is 19.1. The van der Waals surface area contributed by atoms with Crippen LogP contribution in [0.2, 0.25) is 0 Å². The van der Waals surface area contributed by atoms with Gasteiger partial charge < -0.3 is 10.6 Å². The smallest absolute Gasteiger partial charge is 0.191 e. The maximum atomic E-state index is 13.5. The molecule has 1 aromatic heterocycles. The summed E-state index contributed by atoms with van der Waals surface area (Å²) in [6.45, 7) is 4.00. The van der Waals surface area contributed by atoms with Crippen LogP contribution in [0.1, 0.15) is 31.2 Å². The van der Waals surface area contributed by atoms with Crippen LogP contribution in [0.4, 0.5) is 4.39 Å². The van der Waals surface area contributed by atoms with E-state index >= 15 is 0 Å². The monoisotopic (exact) mass is 330 g/mol. The zero-order chi connectivity index (χ0) is 17.0. The molecule has 0 atom stereocenters. The minimum absolute atomic E-state index is 0.0169. The van der Waals surface area contributed by atoms with Crippen LogP contribution in [0.5, 0.6) is 0 Å². The summed E-state index contributed by atoms with van der Waals surface area (Å²) < 4.78 is 15.2. The number of aryl methyl sites for hydroxylation is 1. The average molecular weight is 330 g/mol. The van der Waals surface area contributed by atoms with E-state index in [0.29, 0.717) is 6.54 Å². The molecule has 128 valence electrons. The Hall–Kier alpha value is -2.44. The van der Waals surface area contributed by atoms with Gasteiger partial charge in [-0.25, -0.2) is 14.4 Å². The van der Waals surface area contributed by atoms with Gasteiger partial charge in [-0.2, -0.15) is 5.10 Å². The molecule has 1 saturated carbocycles. The Bertz CT molecular complexity index is 719. The van der Waals surface area contributed by atoms with Crippen molar-refractivity contribution in [3.05, 3.63) is 47.8 Å². The van der Waals surface area contributed by atoms with Crippen LogP contribution in [-0.4, -0.2) is 33.8 Å². The molecular formula is C17H23FN6. The zero-order valence-electron chi connectivity index (χ0n) is 14.1. The Balaban J connectivity index is 1.65. The highest BCUT2D eigenvalue weighted by Gasteiger charge is 2.44. The quantitative estimate of drug-likeness (QED) is 0.625. The molecule has 1 aliphatic carbocycles. The van der Waals surface area contributed by atoms with Crippen LogP contribution in [-0.2, 0) is 19.0 Å². The first-order valence-corrected chi connectivity index (χ1v) is 8.24. The molecule has 24 heavy (non-hydrogen) atoms. The van der Waals surface area contributed by atoms with Crippen molar-refractivity contribution in [2.45, 2.75) is 31.7 Å². The van der Waals surface area contributed by atoms with E-state index in [0.717, 1.165) is 43.3 Å². The first-order valence-electron chi connectivity index (χ1n) is 8.24. The molecule has 7 heteroatoms. The molecule has 1 aliphatic rings. The third-order valence-electron chi connectivity index (χ3n) is 4.41. The zero-order valence-corrected chi connectivity index (χ0v) is 14.1. The van der Waals surface area contributed by atoms with E-state index in [1.54, 1.807) is 16.8 Å². The van der Waals surface area contributed by atoms with Crippen molar-refractivity contribution in [2.75, 3.05) is 13.1 Å². The van der Waals surface area contributed by atoms with Crippen LogP contribution in [0.25, 0.3) is 0 Å². The van der Waals surface area contributed by atoms with Crippen molar-refractivity contribution in [2.24, 2.45) is 12.0 Å². The molecule has 0 radical (unpaired) electrons. The van der Waals surface area contributed by atoms with Gasteiger partial charge in [0.15, 0.2) is 5.96 Å². The molecule has 6 nitrogen and oxygen atoms in total. The van der Waals surface area contributed by atoms with Gasteiger partial charge in [-0.05, 0) is 37.5 Å². The molecule has 0 saturated heterocycles. The largest absolute Gasteiger partial charge is 0.357 e. The van der Waals surface area contributed by atoms with Gasteiger partial charge in [0.2, 0.25) is 0 Å². The Morgan fingerprint density at radius 2 is 2.21 bits per heavy atom. The van der Waals surface area contributed by atoms with Gasteiger partial charge in [-0.1, -0.05) is 12.1 Å². The first-order chi connectivity index (χ1) is 11.6. The molecule has 0 unspecified atom stereocenters. The van der Waals surface area contributed by atoms with Crippen molar-refractivity contribution < 1.29 is 4.39 Å². The van der Waals surface area contributed by atoms with Gasteiger partial charge in [0.1, 0.15) is 24.5 Å². The van der Waals surface area contributed by atoms with Crippen LogP contribution in [0.3, 0.4) is 0 Å². The fourth-order valence-corrected chi connectivity index (χ4v) is 2.74. The summed E-state index contributed by atoms with van der Waals surface area (Å²) in [5, 5.41) is 10.7. The van der Waals surface area contributed by atoms with Crippen molar-refractivity contribution in [1.29, 1.82) is 0 Å². The topological polar surface area (TPSA) is 67.1 Å². The number of benzene rings is 1. The molecule has 2 aromatic rings. The van der Waals surface area contributed by atoms with E-state index in [1.807, 2.05) is 20.0 Å². The molecule has 0 bridgehead atoms. The second-order valence-corrected chi connectivity index (χ2v) is 6.14. The summed E-state index contributed by atoms with van der Waals surface area (Å²) in [7, 11) is 1.85. The van der Waals surface area contributed by atoms with E-state index in [-0.39, 0.29) is 11.2 Å². The average Bonchev–Trinajstić information content (AvgIpc) is 3.26. The van der Waals surface area contributed by atoms with Crippen LogP contribution < -0.4 is 10.6 Å². The predicted molar refractivity (Wildman–Crippen MR) is 91.1 cm³/mol. The van der Waals surface area contributed by atoms with Gasteiger partial charge in [-0.15, -0.1) is 0 Å². The standard InChI is InChI=1S/C17H23FN6/c1-3-19-16(20-10-15-22-12-23-24(15)2)21-11-17(7-8-17)13-5-4-6-14(18)9-13/h4-6,9,12H,3,7-8,10-11H2,1-2H3,(H2,19,20,21). The normalized spacial score (nSPS) is 16.0. The van der Waals surface area contributed by atoms with Crippen molar-refractivity contribution >= 4 is 5.96 Å². The molecular weight excluding hydrogens is 307 g/mol. The lowest BCUT2D eigenvalue weighted by atomic mass is 9.96.